The Kier molecular flexibility index (Phi) is 5.99. The molecule has 0 aliphatic rings. The van der Waals surface area contributed by atoms with Crippen LogP contribution in [0.5, 0.6) is 0 Å². The zero-order valence-corrected chi connectivity index (χ0v) is 15.1. The zero-order valence-electron chi connectivity index (χ0n) is 13.5. The molecule has 0 aromatic heterocycles. The Hall–Kier alpha value is -1.89. The van der Waals surface area contributed by atoms with Gasteiger partial charge in [0.15, 0.2) is 16.4 Å². The second-order valence-corrected chi connectivity index (χ2v) is 8.02. The number of halogens is 1. The average Bonchev–Trinajstić information content (AvgIpc) is 2.53. The molecule has 24 heavy (non-hydrogen) atoms. The fraction of sp³-hybridized carbons (Fsp3) is 0.235. The van der Waals surface area contributed by atoms with E-state index in [1.54, 1.807) is 18.2 Å². The Morgan fingerprint density at radius 1 is 1.17 bits per heavy atom. The third kappa shape index (κ3) is 5.06. The number of hydrogen-bond acceptors (Lipinski definition) is 3. The van der Waals surface area contributed by atoms with E-state index in [1.807, 2.05) is 36.5 Å². The van der Waals surface area contributed by atoms with Crippen LogP contribution >= 0.6 is 11.6 Å². The summed E-state index contributed by atoms with van der Waals surface area (Å²) in [6, 6.07) is 13.9. The van der Waals surface area contributed by atoms with E-state index < -0.39 is 9.84 Å². The number of amides is 1. The molecule has 128 valence electrons. The molecular formula is C17H20ClN2O3S+. The number of quaternary nitrogens is 1. The summed E-state index contributed by atoms with van der Waals surface area (Å²) >= 11 is 5.86. The molecule has 5 nitrogen and oxygen atoms in total. The van der Waals surface area contributed by atoms with Gasteiger partial charge < -0.3 is 10.6 Å². The van der Waals surface area contributed by atoms with Crippen LogP contribution in [0.3, 0.4) is 0 Å². The summed E-state index contributed by atoms with van der Waals surface area (Å²) in [6.07, 6.45) is 1.12. The fourth-order valence-corrected chi connectivity index (χ4v) is 3.25. The largest absolute Gasteiger partial charge is 0.333 e. The van der Waals surface area contributed by atoms with Crippen molar-refractivity contribution in [3.05, 3.63) is 59.1 Å². The summed E-state index contributed by atoms with van der Waals surface area (Å²) in [5.74, 6) is -0.257. The van der Waals surface area contributed by atoms with Gasteiger partial charge in [0.2, 0.25) is 0 Å². The maximum Gasteiger partial charge on any atom is 0.279 e. The lowest BCUT2D eigenvalue weighted by molar-refractivity contribution is -0.682. The van der Waals surface area contributed by atoms with Gasteiger partial charge in [0, 0.05) is 16.8 Å². The van der Waals surface area contributed by atoms with Crippen LogP contribution < -0.4 is 10.6 Å². The molecule has 7 heteroatoms. The van der Waals surface area contributed by atoms with Crippen LogP contribution in [0.25, 0.3) is 0 Å². The average molecular weight is 368 g/mol. The van der Waals surface area contributed by atoms with Crippen molar-refractivity contribution >= 4 is 33.0 Å². The number of carbonyl (C=O) groups is 1. The van der Waals surface area contributed by atoms with E-state index in [1.165, 1.54) is 6.07 Å². The van der Waals surface area contributed by atoms with Crippen LogP contribution in [-0.2, 0) is 14.6 Å². The van der Waals surface area contributed by atoms with Gasteiger partial charge in [-0.05, 0) is 31.2 Å². The Morgan fingerprint density at radius 2 is 1.79 bits per heavy atom. The molecule has 2 aromatic rings. The van der Waals surface area contributed by atoms with Gasteiger partial charge in [0.25, 0.3) is 5.91 Å². The van der Waals surface area contributed by atoms with Crippen molar-refractivity contribution in [2.75, 3.05) is 18.1 Å². The topological polar surface area (TPSA) is 79.8 Å². The summed E-state index contributed by atoms with van der Waals surface area (Å²) in [5, 5.41) is 5.21. The number of rotatable bonds is 6. The Morgan fingerprint density at radius 3 is 2.42 bits per heavy atom. The molecule has 1 atom stereocenters. The molecule has 3 N–H and O–H groups in total. The predicted molar refractivity (Wildman–Crippen MR) is 94.8 cm³/mol. The van der Waals surface area contributed by atoms with Crippen molar-refractivity contribution in [1.82, 2.24) is 0 Å². The first kappa shape index (κ1) is 18.4. The van der Waals surface area contributed by atoms with E-state index in [4.69, 9.17) is 11.6 Å². The van der Waals surface area contributed by atoms with Crippen LogP contribution in [0.4, 0.5) is 5.69 Å². The molecule has 0 saturated carbocycles. The summed E-state index contributed by atoms with van der Waals surface area (Å²) in [7, 11) is -3.39. The second-order valence-electron chi connectivity index (χ2n) is 5.60. The zero-order chi connectivity index (χ0) is 17.7. The molecule has 0 aliphatic carbocycles. The van der Waals surface area contributed by atoms with E-state index in [9.17, 15) is 13.2 Å². The minimum Gasteiger partial charge on any atom is -0.333 e. The highest BCUT2D eigenvalue weighted by Gasteiger charge is 2.16. The highest BCUT2D eigenvalue weighted by Crippen LogP contribution is 2.20. The molecule has 0 spiro atoms. The van der Waals surface area contributed by atoms with Gasteiger partial charge >= 0.3 is 0 Å². The number of para-hydroxylation sites is 1. The first-order valence-electron chi connectivity index (χ1n) is 7.45. The Bertz CT molecular complexity index is 820. The Labute approximate surface area is 147 Å². The number of carbonyl (C=O) groups excluding carboxylic acids is 1. The highest BCUT2D eigenvalue weighted by molar-refractivity contribution is 7.90. The third-order valence-electron chi connectivity index (χ3n) is 3.61. The number of sulfone groups is 1. The van der Waals surface area contributed by atoms with Crippen molar-refractivity contribution in [2.24, 2.45) is 0 Å². The summed E-state index contributed by atoms with van der Waals surface area (Å²) in [6.45, 7) is 2.17. The Balaban J connectivity index is 1.98. The molecule has 2 aromatic carbocycles. The van der Waals surface area contributed by atoms with E-state index >= 15 is 0 Å². The molecule has 0 heterocycles. The van der Waals surface area contributed by atoms with Crippen LogP contribution in [0.15, 0.2) is 53.4 Å². The van der Waals surface area contributed by atoms with Gasteiger partial charge in [-0.3, -0.25) is 4.79 Å². The van der Waals surface area contributed by atoms with Gasteiger partial charge in [-0.25, -0.2) is 8.42 Å². The molecular weight excluding hydrogens is 348 g/mol. The predicted octanol–water partition coefficient (Wildman–Crippen LogP) is 2.01. The van der Waals surface area contributed by atoms with Crippen molar-refractivity contribution in [3.8, 4) is 0 Å². The molecule has 0 fully saturated rings. The number of anilines is 1. The number of benzene rings is 2. The summed E-state index contributed by atoms with van der Waals surface area (Å²) in [4.78, 5) is 12.2. The van der Waals surface area contributed by atoms with Crippen molar-refractivity contribution < 1.29 is 18.5 Å². The van der Waals surface area contributed by atoms with Crippen LogP contribution in [0.2, 0.25) is 5.02 Å². The van der Waals surface area contributed by atoms with E-state index in [2.05, 4.69) is 5.32 Å². The molecule has 0 bridgehead atoms. The van der Waals surface area contributed by atoms with Crippen LogP contribution in [-0.4, -0.2) is 27.1 Å². The lowest BCUT2D eigenvalue weighted by atomic mass is 10.1. The van der Waals surface area contributed by atoms with Crippen molar-refractivity contribution in [1.29, 1.82) is 0 Å². The van der Waals surface area contributed by atoms with Crippen LogP contribution in [0, 0.1) is 0 Å². The fourth-order valence-electron chi connectivity index (χ4n) is 2.28. The van der Waals surface area contributed by atoms with E-state index in [0.29, 0.717) is 10.7 Å². The minimum atomic E-state index is -3.39. The lowest BCUT2D eigenvalue weighted by Crippen LogP contribution is -2.86. The SMILES string of the molecule is C[C@@H]([NH2+]CC(=O)Nc1ccccc1S(C)(=O)=O)c1ccc(Cl)cc1. The van der Waals surface area contributed by atoms with Crippen molar-refractivity contribution in [3.63, 3.8) is 0 Å². The third-order valence-corrected chi connectivity index (χ3v) is 5.02. The smallest absolute Gasteiger partial charge is 0.279 e. The van der Waals surface area contributed by atoms with Gasteiger partial charge in [-0.15, -0.1) is 0 Å². The molecule has 2 rings (SSSR count). The number of nitrogens with one attached hydrogen (secondary N) is 1. The van der Waals surface area contributed by atoms with E-state index in [-0.39, 0.29) is 23.4 Å². The lowest BCUT2D eigenvalue weighted by Gasteiger charge is -2.12. The van der Waals surface area contributed by atoms with Gasteiger partial charge in [0.1, 0.15) is 6.04 Å². The maximum absolute atomic E-state index is 12.1. The number of hydrogen-bond donors (Lipinski definition) is 2. The number of nitrogens with two attached hydrogens (primary N) is 1. The molecule has 1 amide bonds. The molecule has 0 unspecified atom stereocenters. The normalized spacial score (nSPS) is 12.6. The maximum atomic E-state index is 12.1. The first-order chi connectivity index (χ1) is 11.3. The van der Waals surface area contributed by atoms with Gasteiger partial charge in [-0.2, -0.15) is 0 Å². The molecule has 0 aliphatic heterocycles. The first-order valence-corrected chi connectivity index (χ1v) is 9.72. The monoisotopic (exact) mass is 367 g/mol. The molecule has 0 saturated heterocycles. The minimum absolute atomic E-state index is 0.0816. The van der Waals surface area contributed by atoms with Gasteiger partial charge in [-0.1, -0.05) is 35.9 Å². The standard InChI is InChI=1S/C17H19ClN2O3S/c1-12(13-7-9-14(18)10-8-13)19-11-17(21)20-15-5-3-4-6-16(15)24(2,22)23/h3-10,12,19H,11H2,1-2H3,(H,20,21)/p+1/t12-/m1/s1. The highest BCUT2D eigenvalue weighted by atomic mass is 35.5. The van der Waals surface area contributed by atoms with Crippen molar-refractivity contribution in [2.45, 2.75) is 17.9 Å². The molecule has 0 radical (unpaired) electrons. The summed E-state index contributed by atoms with van der Waals surface area (Å²) in [5.41, 5.74) is 1.36. The van der Waals surface area contributed by atoms with Crippen LogP contribution in [0.1, 0.15) is 18.5 Å². The second kappa shape index (κ2) is 7.79. The van der Waals surface area contributed by atoms with Gasteiger partial charge in [0.05, 0.1) is 10.6 Å². The van der Waals surface area contributed by atoms with E-state index in [0.717, 1.165) is 11.8 Å². The summed E-state index contributed by atoms with van der Waals surface area (Å²) < 4.78 is 23.5. The quantitative estimate of drug-likeness (QED) is 0.819.